The van der Waals surface area contributed by atoms with Crippen molar-refractivity contribution in [2.24, 2.45) is 18.5 Å². The molecule has 1 aliphatic heterocycles. The first-order valence-electron chi connectivity index (χ1n) is 13.4. The fraction of sp³-hybridized carbons (Fsp3) is 0.219. The second kappa shape index (κ2) is 11.9. The van der Waals surface area contributed by atoms with Crippen LogP contribution in [0.2, 0.25) is 10.0 Å². The van der Waals surface area contributed by atoms with Crippen LogP contribution >= 0.6 is 23.2 Å². The first kappa shape index (κ1) is 29.2. The first-order chi connectivity index (χ1) is 20.1. The van der Waals surface area contributed by atoms with Crippen LogP contribution in [0, 0.1) is 0 Å². The molecular formula is C32H30Cl2N4O4. The van der Waals surface area contributed by atoms with Gasteiger partial charge in [-0.15, -0.1) is 0 Å². The van der Waals surface area contributed by atoms with E-state index in [1.165, 1.54) is 0 Å². The van der Waals surface area contributed by atoms with Crippen molar-refractivity contribution in [1.29, 1.82) is 0 Å². The lowest BCUT2D eigenvalue weighted by Gasteiger charge is -2.40. The topological polar surface area (TPSA) is 121 Å². The Balaban J connectivity index is 1.50. The lowest BCUT2D eigenvalue weighted by atomic mass is 9.72. The second-order valence-corrected chi connectivity index (χ2v) is 11.2. The number of piperidine rings is 1. The molecule has 0 bridgehead atoms. The largest absolute Gasteiger partial charge is 0.484 e. The van der Waals surface area contributed by atoms with Gasteiger partial charge in [-0.2, -0.15) is 0 Å². The van der Waals surface area contributed by atoms with Crippen LogP contribution in [0.15, 0.2) is 78.9 Å². The fourth-order valence-electron chi connectivity index (χ4n) is 5.62. The highest BCUT2D eigenvalue weighted by molar-refractivity contribution is 6.36. The summed E-state index contributed by atoms with van der Waals surface area (Å²) in [6.45, 7) is 0.519. The van der Waals surface area contributed by atoms with E-state index in [1.807, 2.05) is 66.2 Å². The maximum atomic E-state index is 14.0. The summed E-state index contributed by atoms with van der Waals surface area (Å²) in [5, 5.41) is 0.944. The molecule has 0 radical (unpaired) electrons. The molecule has 0 saturated carbocycles. The summed E-state index contributed by atoms with van der Waals surface area (Å²) in [7, 11) is 1.83. The average molecular weight is 606 g/mol. The number of rotatable bonds is 8. The Hall–Kier alpha value is -4.27. The summed E-state index contributed by atoms with van der Waals surface area (Å²) in [6.07, 6.45) is 0.857. The van der Waals surface area contributed by atoms with Crippen molar-refractivity contribution >= 4 is 40.9 Å². The van der Waals surface area contributed by atoms with E-state index < -0.39 is 11.3 Å². The summed E-state index contributed by atoms with van der Waals surface area (Å²) in [6, 6.07) is 23.7. The summed E-state index contributed by atoms with van der Waals surface area (Å²) < 4.78 is 7.26. The molecular weight excluding hydrogens is 575 g/mol. The van der Waals surface area contributed by atoms with E-state index in [0.29, 0.717) is 47.4 Å². The van der Waals surface area contributed by atoms with Gasteiger partial charge in [0.05, 0.1) is 11.1 Å². The van der Waals surface area contributed by atoms with Crippen LogP contribution in [0.5, 0.6) is 5.75 Å². The van der Waals surface area contributed by atoms with E-state index in [0.717, 1.165) is 27.9 Å². The van der Waals surface area contributed by atoms with Gasteiger partial charge in [0.25, 0.3) is 11.8 Å². The van der Waals surface area contributed by atoms with Gasteiger partial charge in [-0.1, -0.05) is 59.6 Å². The smallest absolute Gasteiger partial charge is 0.270 e. The second-order valence-electron chi connectivity index (χ2n) is 10.4. The number of hydrogen-bond donors (Lipinski definition) is 2. The number of carbonyl (C=O) groups is 3. The molecule has 0 spiro atoms. The predicted molar refractivity (Wildman–Crippen MR) is 163 cm³/mol. The van der Waals surface area contributed by atoms with Crippen molar-refractivity contribution in [1.82, 2.24) is 9.47 Å². The molecule has 0 unspecified atom stereocenters. The molecule has 42 heavy (non-hydrogen) atoms. The van der Waals surface area contributed by atoms with Crippen molar-refractivity contribution in [3.63, 3.8) is 0 Å². The van der Waals surface area contributed by atoms with Gasteiger partial charge in [-0.3, -0.25) is 14.4 Å². The monoisotopic (exact) mass is 604 g/mol. The highest BCUT2D eigenvalue weighted by Crippen LogP contribution is 2.41. The van der Waals surface area contributed by atoms with Gasteiger partial charge in [-0.25, -0.2) is 0 Å². The van der Waals surface area contributed by atoms with Gasteiger partial charge in [0.2, 0.25) is 5.91 Å². The fourth-order valence-corrected chi connectivity index (χ4v) is 6.13. The number of nitrogens with two attached hydrogens (primary N) is 2. The summed E-state index contributed by atoms with van der Waals surface area (Å²) in [4.78, 5) is 39.5. The lowest BCUT2D eigenvalue weighted by molar-refractivity contribution is -0.125. The number of likely N-dealkylation sites (tertiary alicyclic amines) is 1. The number of hydrogen-bond acceptors (Lipinski definition) is 4. The minimum atomic E-state index is -0.822. The van der Waals surface area contributed by atoms with E-state index in [4.69, 9.17) is 39.4 Å². The summed E-state index contributed by atoms with van der Waals surface area (Å²) in [5.41, 5.74) is 14.7. The molecule has 1 saturated heterocycles. The van der Waals surface area contributed by atoms with E-state index >= 15 is 0 Å². The van der Waals surface area contributed by atoms with Crippen LogP contribution in [0.25, 0.3) is 22.4 Å². The van der Waals surface area contributed by atoms with Gasteiger partial charge in [0, 0.05) is 41.3 Å². The molecule has 0 aliphatic carbocycles. The zero-order valence-corrected chi connectivity index (χ0v) is 24.5. The van der Waals surface area contributed by atoms with E-state index in [2.05, 4.69) is 0 Å². The number of amides is 3. The standard InChI is InChI=1S/C32H30Cl2N4O4/c1-37-27(30(40)38-15-13-32(14-16-38,31(36)41)21-5-3-2-4-6-21)18-25(24-12-9-22(33)17-26(24)34)29(37)20-7-10-23(11-8-20)42-19-28(35)39/h2-12,17-18H,13-16,19H2,1H3,(H2,35,39)(H2,36,41). The minimum Gasteiger partial charge on any atom is -0.484 e. The molecule has 216 valence electrons. The van der Waals surface area contributed by atoms with E-state index in [1.54, 1.807) is 29.2 Å². The zero-order valence-electron chi connectivity index (χ0n) is 23.0. The first-order valence-corrected chi connectivity index (χ1v) is 14.2. The Bertz CT molecular complexity index is 1640. The number of nitrogens with zero attached hydrogens (tertiary/aromatic N) is 2. The molecule has 4 aromatic rings. The highest BCUT2D eigenvalue weighted by atomic mass is 35.5. The van der Waals surface area contributed by atoms with E-state index in [-0.39, 0.29) is 18.4 Å². The lowest BCUT2D eigenvalue weighted by Crippen LogP contribution is -2.51. The molecule has 8 nitrogen and oxygen atoms in total. The molecule has 1 aromatic heterocycles. The Labute approximate surface area is 253 Å². The Morgan fingerprint density at radius 2 is 1.55 bits per heavy atom. The van der Waals surface area contributed by atoms with Crippen molar-refractivity contribution in [2.45, 2.75) is 18.3 Å². The maximum absolute atomic E-state index is 14.0. The molecule has 5 rings (SSSR count). The quantitative estimate of drug-likeness (QED) is 0.287. The number of carbonyl (C=O) groups excluding carboxylic acids is 3. The van der Waals surface area contributed by atoms with Crippen molar-refractivity contribution < 1.29 is 19.1 Å². The maximum Gasteiger partial charge on any atom is 0.270 e. The van der Waals surface area contributed by atoms with Gasteiger partial charge in [-0.05, 0) is 66.4 Å². The molecule has 1 aliphatic rings. The molecule has 4 N–H and O–H groups in total. The Morgan fingerprint density at radius 3 is 2.14 bits per heavy atom. The van der Waals surface area contributed by atoms with Crippen LogP contribution in [0.3, 0.4) is 0 Å². The summed E-state index contributed by atoms with van der Waals surface area (Å²) >= 11 is 12.8. The Morgan fingerprint density at radius 1 is 0.881 bits per heavy atom. The van der Waals surface area contributed by atoms with Crippen molar-refractivity contribution in [3.8, 4) is 28.1 Å². The predicted octanol–water partition coefficient (Wildman–Crippen LogP) is 5.19. The molecule has 10 heteroatoms. The molecule has 1 fully saturated rings. The van der Waals surface area contributed by atoms with E-state index in [9.17, 15) is 14.4 Å². The van der Waals surface area contributed by atoms with Gasteiger partial charge < -0.3 is 25.7 Å². The number of aromatic nitrogens is 1. The van der Waals surface area contributed by atoms with Crippen LogP contribution in [-0.2, 0) is 22.1 Å². The number of ether oxygens (including phenoxy) is 1. The molecule has 3 aromatic carbocycles. The van der Waals surface area contributed by atoms with Gasteiger partial charge in [0.15, 0.2) is 6.61 Å². The molecule has 2 heterocycles. The SMILES string of the molecule is Cn1c(C(=O)N2CCC(C(N)=O)(c3ccccc3)CC2)cc(-c2ccc(Cl)cc2Cl)c1-c1ccc(OCC(N)=O)cc1. The van der Waals surface area contributed by atoms with Gasteiger partial charge >= 0.3 is 0 Å². The minimum absolute atomic E-state index is 0.164. The Kier molecular flexibility index (Phi) is 8.29. The third-order valence-corrected chi connectivity index (χ3v) is 8.43. The highest BCUT2D eigenvalue weighted by Gasteiger charge is 2.42. The molecule has 0 atom stereocenters. The third-order valence-electron chi connectivity index (χ3n) is 7.88. The number of halogens is 2. The van der Waals surface area contributed by atoms with Crippen LogP contribution in [0.4, 0.5) is 0 Å². The normalized spacial score (nSPS) is 14.4. The number of benzene rings is 3. The van der Waals surface area contributed by atoms with Crippen LogP contribution < -0.4 is 16.2 Å². The molecule has 3 amide bonds. The zero-order chi connectivity index (χ0) is 30.0. The summed E-state index contributed by atoms with van der Waals surface area (Å²) in [5.74, 6) is -0.634. The third kappa shape index (κ3) is 5.60. The average Bonchev–Trinajstić information content (AvgIpc) is 3.32. The van der Waals surface area contributed by atoms with Gasteiger partial charge in [0.1, 0.15) is 11.4 Å². The van der Waals surface area contributed by atoms with Crippen LogP contribution in [0.1, 0.15) is 28.9 Å². The van der Waals surface area contributed by atoms with Crippen molar-refractivity contribution in [3.05, 3.63) is 100 Å². The number of primary amides is 2. The van der Waals surface area contributed by atoms with Crippen LogP contribution in [-0.4, -0.2) is 46.9 Å². The van der Waals surface area contributed by atoms with Crippen molar-refractivity contribution in [2.75, 3.05) is 19.7 Å².